The molecule has 0 fully saturated rings. The normalized spacial score (nSPS) is 19.6. The molecule has 1 atom stereocenters. The first-order valence-corrected chi connectivity index (χ1v) is 20.8. The van der Waals surface area contributed by atoms with Crippen LogP contribution in [-0.4, -0.2) is 3.21 Å². The molecule has 152 valence electrons. The standard InChI is InChI=1S/C13H9.C10H15.C3H6.2ClH.Zr/c1-3-7-12-10(5-1)9-11-6-2-4-8-13(11)12;1-8-5-6-9(7-8)10(2,3)4;1-3-2;;;/h1-9H;5-7H,1-4H3;1-2H3;2*1H;/q;;;;;+2/p-2. The molecule has 0 heterocycles. The Balaban J connectivity index is 2.05. The second-order valence-corrected chi connectivity index (χ2v) is 31.8. The van der Waals surface area contributed by atoms with Gasteiger partial charge < -0.3 is 0 Å². The summed E-state index contributed by atoms with van der Waals surface area (Å²) in [5.41, 5.74) is 7.93. The summed E-state index contributed by atoms with van der Waals surface area (Å²) in [6.45, 7) is 13.4. The van der Waals surface area contributed by atoms with Crippen molar-refractivity contribution in [2.45, 2.75) is 48.8 Å². The predicted molar refractivity (Wildman–Crippen MR) is 127 cm³/mol. The second-order valence-electron chi connectivity index (χ2n) is 10.00. The van der Waals surface area contributed by atoms with Gasteiger partial charge in [-0.25, -0.2) is 0 Å². The van der Waals surface area contributed by atoms with E-state index in [-0.39, 0.29) is 12.7 Å². The molecule has 0 bridgehead atoms. The Morgan fingerprint density at radius 2 is 1.34 bits per heavy atom. The van der Waals surface area contributed by atoms with Crippen molar-refractivity contribution in [2.75, 3.05) is 0 Å². The Kier molecular flexibility index (Phi) is 5.10. The minimum absolute atomic E-state index is 0.0705. The van der Waals surface area contributed by atoms with Crippen molar-refractivity contribution in [1.82, 2.24) is 0 Å². The van der Waals surface area contributed by atoms with Crippen LogP contribution < -0.4 is 0 Å². The predicted octanol–water partition coefficient (Wildman–Crippen LogP) is 8.69. The van der Waals surface area contributed by atoms with E-state index in [2.05, 4.69) is 102 Å². The number of benzene rings is 2. The number of fused-ring (bicyclic) bond motifs is 3. The van der Waals surface area contributed by atoms with Crippen LogP contribution in [0.3, 0.4) is 0 Å². The van der Waals surface area contributed by atoms with Crippen LogP contribution in [0.1, 0.15) is 56.3 Å². The second kappa shape index (κ2) is 6.88. The van der Waals surface area contributed by atoms with E-state index >= 15 is 0 Å². The Labute approximate surface area is 183 Å². The van der Waals surface area contributed by atoms with Crippen molar-refractivity contribution in [3.63, 3.8) is 0 Å². The van der Waals surface area contributed by atoms with E-state index in [1.165, 1.54) is 36.6 Å². The molecule has 2 aromatic carbocycles. The molecular formula is C26H30Cl2Zr. The fraction of sp³-hybridized carbons (Fsp3) is 0.346. The Morgan fingerprint density at radius 1 is 0.862 bits per heavy atom. The Morgan fingerprint density at radius 3 is 1.76 bits per heavy atom. The van der Waals surface area contributed by atoms with Gasteiger partial charge in [-0.3, -0.25) is 0 Å². The van der Waals surface area contributed by atoms with Crippen LogP contribution in [0.2, 0.25) is 3.63 Å². The molecule has 0 spiro atoms. The summed E-state index contributed by atoms with van der Waals surface area (Å²) in [4.78, 5) is 0. The fourth-order valence-corrected chi connectivity index (χ4v) is 22.1. The van der Waals surface area contributed by atoms with Crippen LogP contribution in [-0.2, 0) is 15.9 Å². The summed E-state index contributed by atoms with van der Waals surface area (Å²) in [5.74, 6) is 0. The number of halogens is 2. The van der Waals surface area contributed by atoms with Gasteiger partial charge >= 0.3 is 184 Å². The van der Waals surface area contributed by atoms with Gasteiger partial charge in [-0.2, -0.15) is 0 Å². The van der Waals surface area contributed by atoms with Crippen molar-refractivity contribution in [3.05, 3.63) is 83.0 Å². The maximum absolute atomic E-state index is 7.96. The van der Waals surface area contributed by atoms with Gasteiger partial charge in [0.15, 0.2) is 0 Å². The summed E-state index contributed by atoms with van der Waals surface area (Å²) in [6, 6.07) is 17.4. The van der Waals surface area contributed by atoms with E-state index in [4.69, 9.17) is 17.0 Å². The summed E-state index contributed by atoms with van der Waals surface area (Å²) < 4.78 is 1.42. The van der Waals surface area contributed by atoms with Crippen molar-refractivity contribution in [2.24, 2.45) is 5.41 Å². The molecule has 0 aromatic heterocycles. The van der Waals surface area contributed by atoms with Crippen LogP contribution in [0, 0.1) is 5.41 Å². The third-order valence-electron chi connectivity index (χ3n) is 6.97. The first-order valence-electron chi connectivity index (χ1n) is 10.4. The number of hydrogen-bond acceptors (Lipinski definition) is 0. The molecule has 0 aliphatic heterocycles. The summed E-state index contributed by atoms with van der Waals surface area (Å²) >= 11 is -4.61. The topological polar surface area (TPSA) is 0 Å². The molecule has 1 unspecified atom stereocenters. The van der Waals surface area contributed by atoms with Gasteiger partial charge in [-0.15, -0.1) is 0 Å². The van der Waals surface area contributed by atoms with Crippen LogP contribution in [0.25, 0.3) is 11.1 Å². The summed E-state index contributed by atoms with van der Waals surface area (Å²) in [6.07, 6.45) is 4.73. The molecule has 29 heavy (non-hydrogen) atoms. The average Bonchev–Trinajstić information content (AvgIpc) is 3.21. The fourth-order valence-electron chi connectivity index (χ4n) is 5.24. The van der Waals surface area contributed by atoms with Crippen LogP contribution >= 0.6 is 17.0 Å². The zero-order chi connectivity index (χ0) is 21.2. The SMILES string of the molecule is CC1=CC(C(C)(C)C)=C[CH]1[Zr]([Cl])([Cl])(=[C](C)C)[CH]1c2ccccc2-c2ccccc21. The third-order valence-corrected chi connectivity index (χ3v) is 30.0. The summed E-state index contributed by atoms with van der Waals surface area (Å²) in [5, 5.41) is 0. The number of allylic oxidation sites excluding steroid dienone is 4. The third kappa shape index (κ3) is 3.07. The zero-order valence-electron chi connectivity index (χ0n) is 18.2. The number of rotatable bonds is 2. The van der Waals surface area contributed by atoms with Gasteiger partial charge in [0, 0.05) is 0 Å². The molecular weight excluding hydrogens is 474 g/mol. The van der Waals surface area contributed by atoms with E-state index in [0.717, 1.165) is 0 Å². The van der Waals surface area contributed by atoms with E-state index in [0.29, 0.717) is 0 Å². The molecule has 0 N–H and O–H groups in total. The summed E-state index contributed by atoms with van der Waals surface area (Å²) in [7, 11) is 15.9. The van der Waals surface area contributed by atoms with Gasteiger partial charge in [-0.1, -0.05) is 0 Å². The van der Waals surface area contributed by atoms with Crippen molar-refractivity contribution in [1.29, 1.82) is 0 Å². The minimum atomic E-state index is -4.61. The first-order chi connectivity index (χ1) is 13.5. The van der Waals surface area contributed by atoms with Crippen LogP contribution in [0.4, 0.5) is 0 Å². The number of hydrogen-bond donors (Lipinski definition) is 0. The average molecular weight is 505 g/mol. The van der Waals surface area contributed by atoms with Crippen LogP contribution in [0.15, 0.2) is 71.8 Å². The van der Waals surface area contributed by atoms with E-state index in [1.54, 1.807) is 0 Å². The molecule has 2 aromatic rings. The quantitative estimate of drug-likeness (QED) is 0.384. The van der Waals surface area contributed by atoms with Gasteiger partial charge in [0.2, 0.25) is 0 Å². The van der Waals surface area contributed by atoms with Gasteiger partial charge in [-0.05, 0) is 0 Å². The van der Waals surface area contributed by atoms with E-state index < -0.39 is 15.9 Å². The molecule has 0 radical (unpaired) electrons. The van der Waals surface area contributed by atoms with Gasteiger partial charge in [0.1, 0.15) is 0 Å². The molecule has 3 heteroatoms. The van der Waals surface area contributed by atoms with Crippen LogP contribution in [0.5, 0.6) is 0 Å². The Hall–Kier alpha value is -0.747. The zero-order valence-corrected chi connectivity index (χ0v) is 22.2. The van der Waals surface area contributed by atoms with Crippen molar-refractivity contribution < 1.29 is 15.9 Å². The molecule has 0 nitrogen and oxygen atoms in total. The first kappa shape index (κ1) is 21.5. The van der Waals surface area contributed by atoms with Gasteiger partial charge in [0.05, 0.1) is 0 Å². The van der Waals surface area contributed by atoms with E-state index in [1.807, 2.05) is 0 Å². The molecule has 0 saturated heterocycles. The monoisotopic (exact) mass is 502 g/mol. The Bertz CT molecular complexity index is 1090. The molecule has 0 saturated carbocycles. The maximum atomic E-state index is 7.96. The van der Waals surface area contributed by atoms with Crippen molar-refractivity contribution >= 4 is 20.2 Å². The van der Waals surface area contributed by atoms with E-state index in [9.17, 15) is 0 Å². The molecule has 2 aliphatic rings. The van der Waals surface area contributed by atoms with Gasteiger partial charge in [0.25, 0.3) is 0 Å². The molecule has 4 rings (SSSR count). The molecule has 2 aliphatic carbocycles. The van der Waals surface area contributed by atoms with Crippen molar-refractivity contribution in [3.8, 4) is 11.1 Å². The molecule has 0 amide bonds.